The second-order valence-electron chi connectivity index (χ2n) is 4.51. The van der Waals surface area contributed by atoms with E-state index in [0.717, 1.165) is 18.4 Å². The number of morpholine rings is 1. The summed E-state index contributed by atoms with van der Waals surface area (Å²) in [6.07, 6.45) is 1.45. The molecule has 1 aromatic carbocycles. The lowest BCUT2D eigenvalue weighted by Gasteiger charge is -2.31. The number of hydrogen-bond donors (Lipinski definition) is 0. The molecule has 2 saturated heterocycles. The largest absolute Gasteiger partial charge is 0.391 e. The zero-order chi connectivity index (χ0) is 11.8. The fourth-order valence-electron chi connectivity index (χ4n) is 2.62. The first-order valence-corrected chi connectivity index (χ1v) is 5.81. The Bertz CT molecular complexity index is 435. The summed E-state index contributed by atoms with van der Waals surface area (Å²) in [4.78, 5) is 25.1. The Hall–Kier alpha value is -1.68. The number of nitrogens with zero attached hydrogens (tertiary/aromatic N) is 1. The molecule has 4 nitrogen and oxygen atoms in total. The molecule has 0 amide bonds. The van der Waals surface area contributed by atoms with Crippen LogP contribution in [0.3, 0.4) is 0 Å². The van der Waals surface area contributed by atoms with Gasteiger partial charge in [-0.2, -0.15) is 0 Å². The van der Waals surface area contributed by atoms with Crippen molar-refractivity contribution >= 4 is 11.9 Å². The summed E-state index contributed by atoms with van der Waals surface area (Å²) < 4.78 is 4.72. The van der Waals surface area contributed by atoms with E-state index in [1.165, 1.54) is 0 Å². The van der Waals surface area contributed by atoms with Crippen molar-refractivity contribution in [2.45, 2.75) is 31.5 Å². The molecule has 2 atom stereocenters. The van der Waals surface area contributed by atoms with Crippen LogP contribution in [0.4, 0.5) is 0 Å². The Balaban J connectivity index is 1.84. The first-order valence-electron chi connectivity index (χ1n) is 5.81. The summed E-state index contributed by atoms with van der Waals surface area (Å²) in [5, 5.41) is 0. The third-order valence-electron chi connectivity index (χ3n) is 3.47. The monoisotopic (exact) mass is 231 g/mol. The SMILES string of the molecule is O=C1OC(=O)[C@H]2CC[C@H]1N2Cc1ccccc1. The van der Waals surface area contributed by atoms with Crippen molar-refractivity contribution < 1.29 is 14.3 Å². The molecule has 2 aliphatic heterocycles. The van der Waals surface area contributed by atoms with Gasteiger partial charge in [-0.25, -0.2) is 9.59 Å². The van der Waals surface area contributed by atoms with Crippen LogP contribution in [0.2, 0.25) is 0 Å². The van der Waals surface area contributed by atoms with Crippen LogP contribution in [0.15, 0.2) is 30.3 Å². The first kappa shape index (κ1) is 10.5. The molecule has 0 radical (unpaired) electrons. The van der Waals surface area contributed by atoms with Gasteiger partial charge in [-0.15, -0.1) is 0 Å². The number of esters is 2. The predicted molar refractivity (Wildman–Crippen MR) is 59.9 cm³/mol. The molecule has 0 N–H and O–H groups in total. The molecule has 88 valence electrons. The van der Waals surface area contributed by atoms with Crippen LogP contribution in [0, 0.1) is 0 Å². The van der Waals surface area contributed by atoms with E-state index >= 15 is 0 Å². The molecule has 0 aliphatic carbocycles. The van der Waals surface area contributed by atoms with Crippen LogP contribution >= 0.6 is 0 Å². The molecular weight excluding hydrogens is 218 g/mol. The van der Waals surface area contributed by atoms with Crippen LogP contribution in [0.1, 0.15) is 18.4 Å². The Morgan fingerprint density at radius 2 is 1.65 bits per heavy atom. The van der Waals surface area contributed by atoms with E-state index in [9.17, 15) is 9.59 Å². The summed E-state index contributed by atoms with van der Waals surface area (Å²) in [6, 6.07) is 9.40. The molecule has 0 aromatic heterocycles. The molecule has 0 saturated carbocycles. The number of ether oxygens (including phenoxy) is 1. The van der Waals surface area contributed by atoms with Gasteiger partial charge in [0, 0.05) is 6.54 Å². The van der Waals surface area contributed by atoms with Gasteiger partial charge in [-0.05, 0) is 18.4 Å². The number of benzene rings is 1. The summed E-state index contributed by atoms with van der Waals surface area (Å²) >= 11 is 0. The average molecular weight is 231 g/mol. The quantitative estimate of drug-likeness (QED) is 0.565. The van der Waals surface area contributed by atoms with Crippen molar-refractivity contribution in [1.29, 1.82) is 0 Å². The fraction of sp³-hybridized carbons (Fsp3) is 0.385. The van der Waals surface area contributed by atoms with Gasteiger partial charge in [0.05, 0.1) is 0 Å². The van der Waals surface area contributed by atoms with E-state index in [1.54, 1.807) is 0 Å². The predicted octanol–water partition coefficient (Wildman–Crippen LogP) is 1.10. The number of fused-ring (bicyclic) bond motifs is 2. The van der Waals surface area contributed by atoms with Crippen LogP contribution < -0.4 is 0 Å². The van der Waals surface area contributed by atoms with Crippen molar-refractivity contribution in [3.8, 4) is 0 Å². The van der Waals surface area contributed by atoms with Gasteiger partial charge in [0.25, 0.3) is 0 Å². The zero-order valence-corrected chi connectivity index (χ0v) is 9.33. The van der Waals surface area contributed by atoms with E-state index in [0.29, 0.717) is 6.54 Å². The minimum Gasteiger partial charge on any atom is -0.391 e. The second kappa shape index (κ2) is 3.96. The maximum atomic E-state index is 11.6. The van der Waals surface area contributed by atoms with Crippen LogP contribution in [-0.2, 0) is 20.9 Å². The highest BCUT2D eigenvalue weighted by molar-refractivity contribution is 5.95. The van der Waals surface area contributed by atoms with Crippen LogP contribution in [0.5, 0.6) is 0 Å². The molecule has 17 heavy (non-hydrogen) atoms. The van der Waals surface area contributed by atoms with E-state index in [1.807, 2.05) is 35.2 Å². The Kier molecular flexibility index (Phi) is 2.44. The highest BCUT2D eigenvalue weighted by Crippen LogP contribution is 2.31. The van der Waals surface area contributed by atoms with Gasteiger partial charge in [-0.3, -0.25) is 4.90 Å². The number of rotatable bonds is 2. The topological polar surface area (TPSA) is 46.6 Å². The van der Waals surface area contributed by atoms with Crippen LogP contribution in [0.25, 0.3) is 0 Å². The first-order chi connectivity index (χ1) is 8.25. The number of hydrogen-bond acceptors (Lipinski definition) is 4. The Morgan fingerprint density at radius 3 is 2.24 bits per heavy atom. The van der Waals surface area contributed by atoms with E-state index in [-0.39, 0.29) is 24.0 Å². The summed E-state index contributed by atoms with van der Waals surface area (Å²) in [5.41, 5.74) is 1.12. The van der Waals surface area contributed by atoms with Gasteiger partial charge < -0.3 is 4.74 Å². The van der Waals surface area contributed by atoms with E-state index in [4.69, 9.17) is 4.74 Å². The highest BCUT2D eigenvalue weighted by Gasteiger charge is 2.48. The maximum Gasteiger partial charge on any atom is 0.331 e. The van der Waals surface area contributed by atoms with Gasteiger partial charge in [0.1, 0.15) is 12.1 Å². The normalized spacial score (nSPS) is 28.2. The third kappa shape index (κ3) is 1.74. The van der Waals surface area contributed by atoms with Gasteiger partial charge in [-0.1, -0.05) is 30.3 Å². The molecule has 4 heteroatoms. The summed E-state index contributed by atoms with van der Waals surface area (Å²) in [7, 11) is 0. The van der Waals surface area contributed by atoms with Crippen molar-refractivity contribution in [3.05, 3.63) is 35.9 Å². The van der Waals surface area contributed by atoms with E-state index in [2.05, 4.69) is 0 Å². The summed E-state index contributed by atoms with van der Waals surface area (Å²) in [6.45, 7) is 0.636. The minimum absolute atomic E-state index is 0.238. The zero-order valence-electron chi connectivity index (χ0n) is 9.33. The minimum atomic E-state index is -0.389. The van der Waals surface area contributed by atoms with Gasteiger partial charge in [0.2, 0.25) is 0 Å². The standard InChI is InChI=1S/C13H13NO3/c15-12-10-6-7-11(13(16)17-12)14(10)8-9-4-2-1-3-5-9/h1-5,10-11H,6-8H2/t10-,11-/m1/s1. The van der Waals surface area contributed by atoms with Crippen molar-refractivity contribution in [1.82, 2.24) is 4.90 Å². The Morgan fingerprint density at radius 1 is 1.06 bits per heavy atom. The molecule has 1 aromatic rings. The number of carbonyl (C=O) groups excluding carboxylic acids is 2. The number of carbonyl (C=O) groups is 2. The highest BCUT2D eigenvalue weighted by atomic mass is 16.6. The van der Waals surface area contributed by atoms with Gasteiger partial charge in [0.15, 0.2) is 0 Å². The summed E-state index contributed by atoms with van der Waals surface area (Å²) in [5.74, 6) is -0.778. The lowest BCUT2D eigenvalue weighted by Crippen LogP contribution is -2.50. The lowest BCUT2D eigenvalue weighted by molar-refractivity contribution is -0.173. The smallest absolute Gasteiger partial charge is 0.331 e. The Labute approximate surface area is 99.2 Å². The molecule has 2 aliphatic rings. The number of cyclic esters (lactones) is 2. The molecule has 2 bridgehead atoms. The molecule has 0 spiro atoms. The molecule has 2 fully saturated rings. The fourth-order valence-corrected chi connectivity index (χ4v) is 2.62. The molecule has 2 heterocycles. The average Bonchev–Trinajstić information content (AvgIpc) is 2.67. The third-order valence-corrected chi connectivity index (χ3v) is 3.47. The lowest BCUT2D eigenvalue weighted by atomic mass is 10.1. The van der Waals surface area contributed by atoms with Crippen molar-refractivity contribution in [2.24, 2.45) is 0 Å². The second-order valence-corrected chi connectivity index (χ2v) is 4.51. The van der Waals surface area contributed by atoms with Gasteiger partial charge >= 0.3 is 11.9 Å². The van der Waals surface area contributed by atoms with Crippen molar-refractivity contribution in [2.75, 3.05) is 0 Å². The van der Waals surface area contributed by atoms with Crippen molar-refractivity contribution in [3.63, 3.8) is 0 Å². The molecule has 3 rings (SSSR count). The maximum absolute atomic E-state index is 11.6. The van der Waals surface area contributed by atoms with E-state index < -0.39 is 0 Å². The molecular formula is C13H13NO3. The van der Waals surface area contributed by atoms with Crippen LogP contribution in [-0.4, -0.2) is 28.9 Å². The molecule has 0 unspecified atom stereocenters.